The summed E-state index contributed by atoms with van der Waals surface area (Å²) in [5, 5.41) is 2.69. The standard InChI is InChI=1S/C45H53N7O7S/c1-27(2)39(49-44(57)58-6)42(56)52-21-11-15-35(52)40-46-24-33(48-40)29-16-18-30(19-17-29)37-26-50-25-31(47-43(50)60-37)22-36(53)34-14-10-20-51(34)41(55)32(28-12-8-7-9-13-28)23-38(54)59-45(3,4)5/h7-9,12-13,16-19,24-27,32,34-35,39H,10-11,14-15,20-23H2,1-6H3,(H,46,48)(H,49,57)/t32-,34-,35-,39-/m0/s1. The molecule has 2 fully saturated rings. The number of ether oxygens (including phenoxy) is 2. The molecule has 0 unspecified atom stereocenters. The van der Waals surface area contributed by atoms with Gasteiger partial charge in [-0.2, -0.15) is 0 Å². The van der Waals surface area contributed by atoms with E-state index in [2.05, 4.69) is 15.3 Å². The number of benzene rings is 2. The predicted octanol–water partition coefficient (Wildman–Crippen LogP) is 7.12. The molecule has 0 saturated carbocycles. The summed E-state index contributed by atoms with van der Waals surface area (Å²) >= 11 is 1.52. The van der Waals surface area contributed by atoms with Crippen LogP contribution in [-0.2, 0) is 35.1 Å². The van der Waals surface area contributed by atoms with Crippen molar-refractivity contribution >= 4 is 46.0 Å². The minimum Gasteiger partial charge on any atom is -0.460 e. The van der Waals surface area contributed by atoms with E-state index >= 15 is 0 Å². The van der Waals surface area contributed by atoms with Crippen LogP contribution >= 0.6 is 11.3 Å². The lowest BCUT2D eigenvalue weighted by atomic mass is 9.93. The summed E-state index contributed by atoms with van der Waals surface area (Å²) < 4.78 is 12.3. The number of H-pyrrole nitrogens is 1. The van der Waals surface area contributed by atoms with E-state index in [1.165, 1.54) is 18.4 Å². The number of likely N-dealkylation sites (tertiary alicyclic amines) is 2. The van der Waals surface area contributed by atoms with Crippen LogP contribution in [0.25, 0.3) is 26.7 Å². The number of fused-ring (bicyclic) bond motifs is 1. The SMILES string of the molecule is COC(=O)N[C@H](C(=O)N1CCC[C@H]1c1ncc(-c2ccc(-c3cn4cc(CC(=O)[C@@H]5CCCN5C(=O)[C@@H](CC(=O)OC(C)(C)C)c5ccccc5)nc4s3)cc2)[nH]1)C(C)C. The molecule has 5 aromatic rings. The summed E-state index contributed by atoms with van der Waals surface area (Å²) in [6, 6.07) is 15.8. The molecular formula is C45H53N7O7S. The lowest BCUT2D eigenvalue weighted by Gasteiger charge is -2.30. The first kappa shape index (κ1) is 42.3. The molecule has 2 aliphatic heterocycles. The van der Waals surface area contributed by atoms with Crippen molar-refractivity contribution in [2.24, 2.45) is 5.92 Å². The van der Waals surface area contributed by atoms with E-state index in [-0.39, 0.29) is 42.4 Å². The van der Waals surface area contributed by atoms with Gasteiger partial charge in [0.25, 0.3) is 0 Å². The van der Waals surface area contributed by atoms with Gasteiger partial charge in [0.1, 0.15) is 17.5 Å². The van der Waals surface area contributed by atoms with E-state index < -0.39 is 35.7 Å². The average molecular weight is 836 g/mol. The van der Waals surface area contributed by atoms with Gasteiger partial charge >= 0.3 is 12.1 Å². The number of aromatic amines is 1. The quantitative estimate of drug-likeness (QED) is 0.117. The Morgan fingerprint density at radius 2 is 1.62 bits per heavy atom. The molecule has 0 aliphatic carbocycles. The number of carbonyl (C=O) groups is 5. The van der Waals surface area contributed by atoms with Crippen LogP contribution in [0.15, 0.2) is 73.2 Å². The third-order valence-corrected chi connectivity index (χ3v) is 12.1. The zero-order chi connectivity index (χ0) is 42.7. The monoisotopic (exact) mass is 835 g/mol. The fourth-order valence-electron chi connectivity index (χ4n) is 8.17. The van der Waals surface area contributed by atoms with E-state index in [9.17, 15) is 24.0 Å². The van der Waals surface area contributed by atoms with Gasteiger partial charge in [0.15, 0.2) is 10.7 Å². The van der Waals surface area contributed by atoms with Crippen molar-refractivity contribution in [3.63, 3.8) is 0 Å². The number of rotatable bonds is 13. The molecule has 2 aliphatic rings. The van der Waals surface area contributed by atoms with Crippen LogP contribution in [0.3, 0.4) is 0 Å². The van der Waals surface area contributed by atoms with Crippen molar-refractivity contribution in [2.45, 2.75) is 103 Å². The van der Waals surface area contributed by atoms with E-state index in [1.54, 1.807) is 36.8 Å². The average Bonchev–Trinajstić information content (AvgIpc) is 4.07. The Hall–Kier alpha value is -5.83. The summed E-state index contributed by atoms with van der Waals surface area (Å²) in [7, 11) is 1.28. The first-order valence-electron chi connectivity index (χ1n) is 20.6. The molecule has 14 nitrogen and oxygen atoms in total. The van der Waals surface area contributed by atoms with Crippen LogP contribution in [0.1, 0.15) is 95.8 Å². The molecule has 2 aromatic carbocycles. The maximum atomic E-state index is 14.1. The van der Waals surface area contributed by atoms with E-state index in [0.717, 1.165) is 45.1 Å². The molecule has 0 radical (unpaired) electrons. The molecule has 15 heteroatoms. The van der Waals surface area contributed by atoms with Gasteiger partial charge < -0.3 is 29.6 Å². The number of aromatic nitrogens is 4. The van der Waals surface area contributed by atoms with Crippen LogP contribution < -0.4 is 5.32 Å². The third kappa shape index (κ3) is 9.46. The van der Waals surface area contributed by atoms with Gasteiger partial charge in [0.05, 0.1) is 60.4 Å². The van der Waals surface area contributed by atoms with Crippen molar-refractivity contribution in [2.75, 3.05) is 20.2 Å². The number of methoxy groups -OCH3 is 1. The number of ketones is 1. The number of esters is 1. The molecule has 4 atom stereocenters. The summed E-state index contributed by atoms with van der Waals surface area (Å²) in [6.45, 7) is 10.2. The highest BCUT2D eigenvalue weighted by atomic mass is 32.1. The van der Waals surface area contributed by atoms with Crippen LogP contribution in [0.4, 0.5) is 4.79 Å². The summed E-state index contributed by atoms with van der Waals surface area (Å²) in [5.74, 6) is -1.09. The van der Waals surface area contributed by atoms with Crippen LogP contribution in [-0.4, -0.2) is 96.7 Å². The van der Waals surface area contributed by atoms with Crippen molar-refractivity contribution in [1.29, 1.82) is 0 Å². The Kier molecular flexibility index (Phi) is 12.5. The van der Waals surface area contributed by atoms with Crippen LogP contribution in [0.5, 0.6) is 0 Å². The molecule has 3 aromatic heterocycles. The van der Waals surface area contributed by atoms with Gasteiger partial charge in [-0.3, -0.25) is 23.6 Å². The van der Waals surface area contributed by atoms with Crippen molar-refractivity contribution < 1.29 is 33.4 Å². The molecule has 2 saturated heterocycles. The number of Topliss-reactive ketones (excluding diaryl/α,β-unsaturated/α-hetero) is 1. The highest BCUT2D eigenvalue weighted by Crippen LogP contribution is 2.35. The van der Waals surface area contributed by atoms with Gasteiger partial charge in [-0.1, -0.05) is 79.8 Å². The third-order valence-electron chi connectivity index (χ3n) is 11.1. The molecule has 0 bridgehead atoms. The highest BCUT2D eigenvalue weighted by Gasteiger charge is 2.40. The van der Waals surface area contributed by atoms with E-state index in [1.807, 2.05) is 85.2 Å². The van der Waals surface area contributed by atoms with E-state index in [0.29, 0.717) is 37.4 Å². The minimum atomic E-state index is -0.751. The van der Waals surface area contributed by atoms with Gasteiger partial charge in [-0.05, 0) is 69.1 Å². The van der Waals surface area contributed by atoms with Gasteiger partial charge in [0.2, 0.25) is 11.8 Å². The predicted molar refractivity (Wildman–Crippen MR) is 227 cm³/mol. The molecule has 0 spiro atoms. The molecule has 2 N–H and O–H groups in total. The van der Waals surface area contributed by atoms with Crippen molar-refractivity contribution in [1.82, 2.24) is 34.5 Å². The molecular weight excluding hydrogens is 783 g/mol. The maximum Gasteiger partial charge on any atom is 0.407 e. The Morgan fingerprint density at radius 3 is 2.30 bits per heavy atom. The van der Waals surface area contributed by atoms with Gasteiger partial charge in [-0.25, -0.2) is 14.8 Å². The Labute approximate surface area is 353 Å². The van der Waals surface area contributed by atoms with Crippen molar-refractivity contribution in [3.05, 3.63) is 90.3 Å². The fraction of sp³-hybridized carbons (Fsp3) is 0.444. The largest absolute Gasteiger partial charge is 0.460 e. The Bertz CT molecular complexity index is 2310. The molecule has 3 amide bonds. The number of hydrogen-bond acceptors (Lipinski definition) is 10. The zero-order valence-corrected chi connectivity index (χ0v) is 35.8. The first-order valence-corrected chi connectivity index (χ1v) is 21.4. The number of amides is 3. The summed E-state index contributed by atoms with van der Waals surface area (Å²) in [4.78, 5) is 84.4. The lowest BCUT2D eigenvalue weighted by Crippen LogP contribution is -2.51. The first-order chi connectivity index (χ1) is 28.7. The smallest absolute Gasteiger partial charge is 0.407 e. The number of thiazole rings is 1. The number of nitrogens with zero attached hydrogens (tertiary/aromatic N) is 5. The number of nitrogens with one attached hydrogen (secondary N) is 2. The number of hydrogen-bond donors (Lipinski definition) is 2. The van der Waals surface area contributed by atoms with Gasteiger partial charge in [-0.15, -0.1) is 0 Å². The van der Waals surface area contributed by atoms with Gasteiger partial charge in [0, 0.05) is 25.5 Å². The number of alkyl carbamates (subject to hydrolysis) is 1. The molecule has 5 heterocycles. The Balaban J connectivity index is 0.991. The normalized spacial score (nSPS) is 17.9. The summed E-state index contributed by atoms with van der Waals surface area (Å²) in [6.07, 6.45) is 7.88. The molecule has 316 valence electrons. The second-order valence-electron chi connectivity index (χ2n) is 16.9. The van der Waals surface area contributed by atoms with Crippen molar-refractivity contribution in [3.8, 4) is 21.7 Å². The molecule has 60 heavy (non-hydrogen) atoms. The second-order valence-corrected chi connectivity index (χ2v) is 17.9. The second kappa shape index (κ2) is 17.8. The van der Waals surface area contributed by atoms with E-state index in [4.69, 9.17) is 14.5 Å². The topological polar surface area (TPSA) is 168 Å². The fourth-order valence-corrected chi connectivity index (χ4v) is 9.16. The number of carbonyl (C=O) groups excluding carboxylic acids is 5. The molecule has 7 rings (SSSR count). The Morgan fingerprint density at radius 1 is 0.917 bits per heavy atom. The van der Waals surface area contributed by atoms with Crippen LogP contribution in [0, 0.1) is 5.92 Å². The zero-order valence-electron chi connectivity index (χ0n) is 35.0. The van der Waals surface area contributed by atoms with Crippen LogP contribution in [0.2, 0.25) is 0 Å². The number of imidazole rings is 2. The maximum absolute atomic E-state index is 14.1. The lowest BCUT2D eigenvalue weighted by molar-refractivity contribution is -0.157. The minimum absolute atomic E-state index is 0.0731. The summed E-state index contributed by atoms with van der Waals surface area (Å²) in [5.41, 5.74) is 3.46. The highest BCUT2D eigenvalue weighted by molar-refractivity contribution is 7.20.